The van der Waals surface area contributed by atoms with Crippen LogP contribution in [0.15, 0.2) is 18.3 Å². The molecule has 2 heteroatoms. The van der Waals surface area contributed by atoms with Gasteiger partial charge in [-0.2, -0.15) is 0 Å². The second kappa shape index (κ2) is 7.61. The molecule has 1 unspecified atom stereocenters. The average molecular weight is 243 g/mol. The van der Waals surface area contributed by atoms with E-state index in [2.05, 4.69) is 31.8 Å². The number of hydrogen-bond donors (Lipinski definition) is 0. The van der Waals surface area contributed by atoms with Gasteiger partial charge < -0.3 is 0 Å². The second-order valence-electron chi connectivity index (χ2n) is 5.60. The summed E-state index contributed by atoms with van der Waals surface area (Å²) in [7, 11) is 5.72. The van der Waals surface area contributed by atoms with E-state index in [1.807, 2.05) is 6.07 Å². The highest BCUT2D eigenvalue weighted by atomic mass is 14.7. The molecule has 0 amide bonds. The van der Waals surface area contributed by atoms with E-state index < -0.39 is 0 Å². The van der Waals surface area contributed by atoms with Crippen LogP contribution in [0, 0.1) is 0 Å². The van der Waals surface area contributed by atoms with E-state index in [1.54, 1.807) is 6.20 Å². The van der Waals surface area contributed by atoms with Crippen molar-refractivity contribution in [1.82, 2.24) is 4.98 Å². The Morgan fingerprint density at radius 2 is 1.83 bits per heavy atom. The Kier molecular flexibility index (Phi) is 6.45. The molecule has 1 nitrogen and oxygen atoms in total. The first-order valence-electron chi connectivity index (χ1n) is 7.34. The lowest BCUT2D eigenvalue weighted by Crippen LogP contribution is -2.24. The fourth-order valence-corrected chi connectivity index (χ4v) is 2.64. The fourth-order valence-electron chi connectivity index (χ4n) is 2.64. The van der Waals surface area contributed by atoms with Crippen LogP contribution in [0.5, 0.6) is 0 Å². The van der Waals surface area contributed by atoms with Gasteiger partial charge in [0.25, 0.3) is 0 Å². The van der Waals surface area contributed by atoms with Crippen molar-refractivity contribution < 1.29 is 0 Å². The van der Waals surface area contributed by atoms with Gasteiger partial charge in [0.15, 0.2) is 0 Å². The molecule has 0 aromatic carbocycles. The zero-order valence-corrected chi connectivity index (χ0v) is 12.2. The molecule has 1 aromatic heterocycles. The highest BCUT2D eigenvalue weighted by Crippen LogP contribution is 2.33. The molecule has 2 radical (unpaired) electrons. The third-order valence-corrected chi connectivity index (χ3v) is 3.79. The second-order valence-corrected chi connectivity index (χ2v) is 5.60. The Hall–Kier alpha value is -0.785. The van der Waals surface area contributed by atoms with Crippen molar-refractivity contribution in [3.8, 4) is 0 Å². The lowest BCUT2D eigenvalue weighted by Gasteiger charge is -2.29. The summed E-state index contributed by atoms with van der Waals surface area (Å²) in [6.45, 7) is 6.86. The summed E-state index contributed by atoms with van der Waals surface area (Å²) in [5.74, 6) is 0. The molecular weight excluding hydrogens is 217 g/mol. The van der Waals surface area contributed by atoms with Gasteiger partial charge in [0.05, 0.1) is 0 Å². The smallest absolute Gasteiger partial charge is 0.115 e. The quantitative estimate of drug-likeness (QED) is 0.498. The maximum absolute atomic E-state index is 5.72. The van der Waals surface area contributed by atoms with Gasteiger partial charge in [-0.15, -0.1) is 0 Å². The van der Waals surface area contributed by atoms with Gasteiger partial charge in [0, 0.05) is 17.3 Å². The SMILES string of the molecule is [B]c1ccc(C(C)(CCC)CCCCCC)nc1. The van der Waals surface area contributed by atoms with Crippen LogP contribution in [0.4, 0.5) is 0 Å². The number of pyridine rings is 1. The Labute approximate surface area is 114 Å². The van der Waals surface area contributed by atoms with Crippen LogP contribution >= 0.6 is 0 Å². The van der Waals surface area contributed by atoms with Crippen molar-refractivity contribution in [3.63, 3.8) is 0 Å². The zero-order valence-electron chi connectivity index (χ0n) is 12.2. The maximum Gasteiger partial charge on any atom is 0.115 e. The van der Waals surface area contributed by atoms with Crippen LogP contribution in [-0.2, 0) is 5.41 Å². The standard InChI is InChI=1S/C16H26BN/c1-4-6-7-8-12-16(3,11-5-2)15-10-9-14(17)13-18-15/h9-10,13H,4-8,11-12H2,1-3H3. The summed E-state index contributed by atoms with van der Waals surface area (Å²) in [6, 6.07) is 4.08. The van der Waals surface area contributed by atoms with Gasteiger partial charge in [-0.25, -0.2) is 0 Å². The molecule has 0 aliphatic carbocycles. The Morgan fingerprint density at radius 1 is 1.06 bits per heavy atom. The Bertz CT molecular complexity index is 333. The molecule has 0 spiro atoms. The third-order valence-electron chi connectivity index (χ3n) is 3.79. The summed E-state index contributed by atoms with van der Waals surface area (Å²) in [5.41, 5.74) is 2.18. The molecule has 0 bridgehead atoms. The number of hydrogen-bond acceptors (Lipinski definition) is 1. The summed E-state index contributed by atoms with van der Waals surface area (Å²) in [4.78, 5) is 4.54. The minimum absolute atomic E-state index is 0.218. The molecule has 0 N–H and O–H groups in total. The van der Waals surface area contributed by atoms with Gasteiger partial charge in [0.2, 0.25) is 0 Å². The van der Waals surface area contributed by atoms with Crippen LogP contribution in [-0.4, -0.2) is 12.8 Å². The van der Waals surface area contributed by atoms with Crippen molar-refractivity contribution in [2.24, 2.45) is 0 Å². The van der Waals surface area contributed by atoms with Crippen molar-refractivity contribution in [1.29, 1.82) is 0 Å². The number of nitrogens with zero attached hydrogens (tertiary/aromatic N) is 1. The largest absolute Gasteiger partial charge is 0.261 e. The van der Waals surface area contributed by atoms with Crippen molar-refractivity contribution in [3.05, 3.63) is 24.0 Å². The first-order chi connectivity index (χ1) is 8.62. The number of rotatable bonds is 8. The molecule has 0 aliphatic heterocycles. The van der Waals surface area contributed by atoms with Crippen LogP contribution in [0.2, 0.25) is 0 Å². The van der Waals surface area contributed by atoms with E-state index in [-0.39, 0.29) is 5.41 Å². The Balaban J connectivity index is 2.69. The first kappa shape index (κ1) is 15.3. The van der Waals surface area contributed by atoms with E-state index in [0.29, 0.717) is 0 Å². The van der Waals surface area contributed by atoms with Gasteiger partial charge in [-0.1, -0.05) is 64.4 Å². The Morgan fingerprint density at radius 3 is 2.39 bits per heavy atom. The summed E-state index contributed by atoms with van der Waals surface area (Å²) < 4.78 is 0. The third kappa shape index (κ3) is 4.47. The van der Waals surface area contributed by atoms with Gasteiger partial charge in [0.1, 0.15) is 7.85 Å². The zero-order chi connectivity index (χ0) is 13.4. The first-order valence-corrected chi connectivity index (χ1v) is 7.34. The van der Waals surface area contributed by atoms with E-state index in [1.165, 1.54) is 50.6 Å². The van der Waals surface area contributed by atoms with Crippen LogP contribution < -0.4 is 5.46 Å². The molecular formula is C16H26BN. The number of aromatic nitrogens is 1. The van der Waals surface area contributed by atoms with E-state index in [9.17, 15) is 0 Å². The summed E-state index contributed by atoms with van der Waals surface area (Å²) >= 11 is 0. The highest BCUT2D eigenvalue weighted by molar-refractivity contribution is 6.32. The molecule has 0 saturated carbocycles. The monoisotopic (exact) mass is 243 g/mol. The molecule has 18 heavy (non-hydrogen) atoms. The van der Waals surface area contributed by atoms with Gasteiger partial charge >= 0.3 is 0 Å². The molecule has 0 aliphatic rings. The molecule has 1 aromatic rings. The van der Waals surface area contributed by atoms with Crippen molar-refractivity contribution >= 4 is 13.3 Å². The summed E-state index contributed by atoms with van der Waals surface area (Å²) in [6.07, 6.45) is 10.7. The van der Waals surface area contributed by atoms with Crippen LogP contribution in [0.25, 0.3) is 0 Å². The predicted molar refractivity (Wildman–Crippen MR) is 80.6 cm³/mol. The lowest BCUT2D eigenvalue weighted by molar-refractivity contribution is 0.367. The van der Waals surface area contributed by atoms with Crippen molar-refractivity contribution in [2.75, 3.05) is 0 Å². The topological polar surface area (TPSA) is 12.9 Å². The molecule has 0 saturated heterocycles. The maximum atomic E-state index is 5.72. The van der Waals surface area contributed by atoms with E-state index in [4.69, 9.17) is 7.85 Å². The molecule has 1 heterocycles. The normalized spacial score (nSPS) is 14.4. The van der Waals surface area contributed by atoms with E-state index >= 15 is 0 Å². The molecule has 0 fully saturated rings. The molecule has 98 valence electrons. The van der Waals surface area contributed by atoms with Crippen LogP contribution in [0.3, 0.4) is 0 Å². The van der Waals surface area contributed by atoms with Gasteiger partial charge in [-0.05, 0) is 18.9 Å². The molecule has 1 rings (SSSR count). The van der Waals surface area contributed by atoms with Crippen molar-refractivity contribution in [2.45, 2.75) is 71.1 Å². The highest BCUT2D eigenvalue weighted by Gasteiger charge is 2.26. The number of unbranched alkanes of at least 4 members (excludes halogenated alkanes) is 3. The fraction of sp³-hybridized carbons (Fsp3) is 0.688. The lowest BCUT2D eigenvalue weighted by atomic mass is 9.77. The minimum atomic E-state index is 0.218. The van der Waals surface area contributed by atoms with E-state index in [0.717, 1.165) is 5.46 Å². The average Bonchev–Trinajstić information content (AvgIpc) is 2.36. The van der Waals surface area contributed by atoms with Crippen LogP contribution in [0.1, 0.15) is 71.4 Å². The summed E-state index contributed by atoms with van der Waals surface area (Å²) in [5, 5.41) is 0. The predicted octanol–water partition coefficient (Wildman–Crippen LogP) is 3.90. The minimum Gasteiger partial charge on any atom is -0.261 e. The molecule has 1 atom stereocenters. The van der Waals surface area contributed by atoms with Gasteiger partial charge in [-0.3, -0.25) is 4.98 Å².